The third-order valence-corrected chi connectivity index (χ3v) is 17.4. The Morgan fingerprint density at radius 3 is 2.30 bits per heavy atom. The molecule has 2 heterocycles. The number of hydrogen-bond acceptors (Lipinski definition) is 4. The van der Waals surface area contributed by atoms with Crippen molar-refractivity contribution in [1.82, 2.24) is 0 Å². The lowest BCUT2D eigenvalue weighted by atomic mass is 9.32. The van der Waals surface area contributed by atoms with Gasteiger partial charge in [0, 0.05) is 42.2 Å². The van der Waals surface area contributed by atoms with Gasteiger partial charge in [0.25, 0.3) is 0 Å². The Balaban J connectivity index is 1.03. The van der Waals surface area contributed by atoms with Crippen LogP contribution in [0.3, 0.4) is 0 Å². The lowest BCUT2D eigenvalue weighted by Gasteiger charge is -2.73. The van der Waals surface area contributed by atoms with Crippen LogP contribution in [0.25, 0.3) is 0 Å². The lowest BCUT2D eigenvalue weighted by Crippen LogP contribution is -2.67. The number of nitrogens with zero attached hydrogens (tertiary/aromatic N) is 2. The molecule has 0 spiro atoms. The molecule has 0 aromatic carbocycles. The van der Waals surface area contributed by atoms with Gasteiger partial charge < -0.3 is 9.47 Å². The van der Waals surface area contributed by atoms with Gasteiger partial charge in [-0.15, -0.1) is 0 Å². The van der Waals surface area contributed by atoms with Gasteiger partial charge in [0.15, 0.2) is 18.6 Å². The highest BCUT2D eigenvalue weighted by Crippen LogP contribution is 2.77. The molecule has 54 heavy (non-hydrogen) atoms. The summed E-state index contributed by atoms with van der Waals surface area (Å²) in [5.74, 6) is 2.81. The van der Waals surface area contributed by atoms with Crippen molar-refractivity contribution in [2.24, 2.45) is 56.7 Å². The minimum atomic E-state index is -0.0466. The molecule has 1 aromatic rings. The van der Waals surface area contributed by atoms with Gasteiger partial charge in [0.1, 0.15) is 25.7 Å². The van der Waals surface area contributed by atoms with Crippen molar-refractivity contribution in [2.75, 3.05) is 19.7 Å². The molecule has 0 radical (unpaired) electrons. The lowest BCUT2D eigenvalue weighted by molar-refractivity contribution is -0.697. The molecule has 5 aliphatic carbocycles. The second-order valence-electron chi connectivity index (χ2n) is 20.3. The monoisotopic (exact) mass is 741 g/mol. The highest BCUT2D eigenvalue weighted by atomic mass is 16.5. The molecule has 7 rings (SSSR count). The highest BCUT2D eigenvalue weighted by molar-refractivity contribution is 5.70. The molecule has 0 saturated heterocycles. The predicted octanol–water partition coefficient (Wildman–Crippen LogP) is 9.69. The van der Waals surface area contributed by atoms with Gasteiger partial charge >= 0.3 is 11.9 Å². The Kier molecular flexibility index (Phi) is 11.2. The van der Waals surface area contributed by atoms with Crippen molar-refractivity contribution >= 4 is 18.2 Å². The first-order valence-electron chi connectivity index (χ1n) is 21.9. The fourth-order valence-corrected chi connectivity index (χ4v) is 14.4. The summed E-state index contributed by atoms with van der Waals surface area (Å²) in [6.45, 7) is 23.1. The van der Waals surface area contributed by atoms with Crippen LogP contribution in [0.4, 0.5) is 0 Å². The smallest absolute Gasteiger partial charge is 0.306 e. The largest absolute Gasteiger partial charge is 0.465 e. The van der Waals surface area contributed by atoms with E-state index >= 15 is 0 Å². The van der Waals surface area contributed by atoms with Gasteiger partial charge in [-0.25, -0.2) is 9.14 Å². The summed E-state index contributed by atoms with van der Waals surface area (Å²) in [5.41, 5.74) is 2.07. The zero-order valence-electron chi connectivity index (χ0n) is 34.8. The SMILES string of the molecule is C=C(C)[C@@H]1CC[C@]2(COC(=O)CCC[n+]3ccccc3)CCC3(C)C(CCC4[C@@]5(C)CC[C@H](OC(=O)CCC[N+]6=CC=CCC6)C(C)(C)C5CC[C@]43C)C12. The Labute approximate surface area is 327 Å². The van der Waals surface area contributed by atoms with E-state index in [0.717, 1.165) is 64.6 Å². The summed E-state index contributed by atoms with van der Waals surface area (Å²) in [4.78, 5) is 26.4. The van der Waals surface area contributed by atoms with Gasteiger partial charge in [-0.2, -0.15) is 0 Å². The van der Waals surface area contributed by atoms with E-state index in [1.807, 2.05) is 18.2 Å². The van der Waals surface area contributed by atoms with Crippen molar-refractivity contribution in [3.8, 4) is 0 Å². The van der Waals surface area contributed by atoms with E-state index in [2.05, 4.69) is 88.0 Å². The van der Waals surface area contributed by atoms with Crippen molar-refractivity contribution in [3.05, 3.63) is 54.9 Å². The zero-order chi connectivity index (χ0) is 38.4. The van der Waals surface area contributed by atoms with E-state index in [1.54, 1.807) is 0 Å². The molecular formula is C48H72N2O4+2. The quantitative estimate of drug-likeness (QED) is 0.122. The topological polar surface area (TPSA) is 59.5 Å². The number of allylic oxidation sites excluding steroid dienone is 2. The first-order chi connectivity index (χ1) is 25.7. The van der Waals surface area contributed by atoms with Crippen molar-refractivity contribution < 1.29 is 28.2 Å². The number of carbonyl (C=O) groups is 2. The van der Waals surface area contributed by atoms with Crippen LogP contribution >= 0.6 is 0 Å². The molecule has 1 aromatic heterocycles. The second kappa shape index (κ2) is 15.3. The number of aryl methyl sites for hydroxylation is 1. The highest BCUT2D eigenvalue weighted by Gasteiger charge is 2.71. The fraction of sp³-hybridized carbons (Fsp3) is 0.750. The molecule has 10 atom stereocenters. The molecule has 5 unspecified atom stereocenters. The molecule has 5 saturated carbocycles. The molecule has 0 bridgehead atoms. The maximum absolute atomic E-state index is 13.2. The molecule has 6 aliphatic rings. The number of carbonyl (C=O) groups excluding carboxylic acids is 2. The molecule has 296 valence electrons. The Morgan fingerprint density at radius 1 is 0.796 bits per heavy atom. The van der Waals surface area contributed by atoms with E-state index in [0.29, 0.717) is 49.0 Å². The molecular weight excluding hydrogens is 669 g/mol. The zero-order valence-corrected chi connectivity index (χ0v) is 34.8. The Morgan fingerprint density at radius 2 is 1.56 bits per heavy atom. The molecule has 6 nitrogen and oxygen atoms in total. The Bertz CT molecular complexity index is 1610. The summed E-state index contributed by atoms with van der Waals surface area (Å²) >= 11 is 0. The number of ether oxygens (including phenoxy) is 2. The van der Waals surface area contributed by atoms with Crippen LogP contribution in [0, 0.1) is 56.7 Å². The van der Waals surface area contributed by atoms with Gasteiger partial charge in [0.2, 0.25) is 0 Å². The first-order valence-corrected chi connectivity index (χ1v) is 21.9. The molecule has 0 amide bonds. The van der Waals surface area contributed by atoms with Crippen LogP contribution in [-0.4, -0.2) is 48.5 Å². The normalized spacial score (nSPS) is 39.3. The standard InChI is InChI=1S/C48H72N2O4/c1-35(2)36-20-25-48(34-53-41(51)16-14-32-49-28-10-8-11-29-49)27-26-46(6)37(43(36)48)18-19-39-45(5)23-22-40(44(3,4)38(45)21-24-47(39,46)7)54-42(52)17-15-33-50-30-12-9-13-31-50/h8-12,28-30,36-40,43H,1,13-27,31-34H2,2-7H3/q+2/t36-,37?,38?,39?,40-,43?,45-,46?,47+,48+/m0/s1. The number of fused-ring (bicyclic) bond motifs is 7. The molecule has 5 fully saturated rings. The number of hydrogen-bond donors (Lipinski definition) is 0. The number of rotatable bonds is 12. The van der Waals surface area contributed by atoms with E-state index in [4.69, 9.17) is 9.47 Å². The predicted molar refractivity (Wildman–Crippen MR) is 215 cm³/mol. The summed E-state index contributed by atoms with van der Waals surface area (Å²) in [5, 5.41) is 0. The minimum absolute atomic E-state index is 0.00578. The maximum Gasteiger partial charge on any atom is 0.306 e. The van der Waals surface area contributed by atoms with E-state index in [1.165, 1.54) is 44.1 Å². The van der Waals surface area contributed by atoms with E-state index < -0.39 is 0 Å². The Hall–Kier alpha value is -2.76. The summed E-state index contributed by atoms with van der Waals surface area (Å²) in [6.07, 6.45) is 26.1. The van der Waals surface area contributed by atoms with Crippen LogP contribution in [0.1, 0.15) is 138 Å². The number of aromatic nitrogens is 1. The van der Waals surface area contributed by atoms with Gasteiger partial charge in [-0.1, -0.05) is 58.9 Å². The average Bonchev–Trinajstić information content (AvgIpc) is 3.53. The minimum Gasteiger partial charge on any atom is -0.465 e. The fourth-order valence-electron chi connectivity index (χ4n) is 14.4. The van der Waals surface area contributed by atoms with Crippen LogP contribution in [-0.2, 0) is 25.6 Å². The van der Waals surface area contributed by atoms with E-state index in [9.17, 15) is 9.59 Å². The number of pyridine rings is 1. The second-order valence-corrected chi connectivity index (χ2v) is 20.3. The third-order valence-electron chi connectivity index (χ3n) is 17.4. The molecule has 1 aliphatic heterocycles. The molecule has 6 heteroatoms. The van der Waals surface area contributed by atoms with Crippen LogP contribution < -0.4 is 4.57 Å². The molecule has 0 N–H and O–H groups in total. The van der Waals surface area contributed by atoms with Crippen LogP contribution in [0.2, 0.25) is 0 Å². The van der Waals surface area contributed by atoms with Gasteiger partial charge in [-0.3, -0.25) is 9.59 Å². The third kappa shape index (κ3) is 6.97. The van der Waals surface area contributed by atoms with Crippen molar-refractivity contribution in [2.45, 2.75) is 151 Å². The van der Waals surface area contributed by atoms with E-state index in [-0.39, 0.29) is 45.1 Å². The van der Waals surface area contributed by atoms with Gasteiger partial charge in [-0.05, 0) is 123 Å². The van der Waals surface area contributed by atoms with Crippen molar-refractivity contribution in [1.29, 1.82) is 0 Å². The summed E-state index contributed by atoms with van der Waals surface area (Å²) < 4.78 is 17.1. The first kappa shape index (κ1) is 39.5. The van der Waals surface area contributed by atoms with Crippen molar-refractivity contribution in [3.63, 3.8) is 0 Å². The summed E-state index contributed by atoms with van der Waals surface area (Å²) in [6, 6.07) is 6.10. The van der Waals surface area contributed by atoms with Crippen LogP contribution in [0.15, 0.2) is 54.9 Å². The van der Waals surface area contributed by atoms with Gasteiger partial charge in [0.05, 0.1) is 19.4 Å². The number of esters is 2. The average molecular weight is 741 g/mol. The summed E-state index contributed by atoms with van der Waals surface area (Å²) in [7, 11) is 0. The maximum atomic E-state index is 13.2. The van der Waals surface area contributed by atoms with Crippen LogP contribution in [0.5, 0.6) is 0 Å².